The molecule has 0 radical (unpaired) electrons. The van der Waals surface area contributed by atoms with Gasteiger partial charge in [-0.3, -0.25) is 0 Å². The third-order valence-electron chi connectivity index (χ3n) is 30.6. The zero-order valence-corrected chi connectivity index (χ0v) is 94.0. The SMILES string of the molecule is CCCCCCCCCCCCCCCCCCCCCCCCCCCCc1c(CC)cc(C2=C(CCCC)C(CCCCCCCC)=C(c3cc(CC)c(CCCCCCCCCCCCCCCCCCCCCCCCCCCC)c(CC)c3)[N+]2=[N-])cc1CC.[CH2-]CCCCCCCCCCCCCCCCCC.[CH2-]CCCCCCCCCCCCCCCCCC.[Ni+2]. The standard InChI is InChI=1S/C92H164N2.2C19H39.Ni/c1-9-17-21-24-27-29-31-33-35-37-39-41-43-45-47-49-51-53-55-57-59-61-63-65-68-70-74-87-81(13-5)77-85(78-82(87)14-6)91-89(73-20-12-4)90(76-72-67-26-23-19-11-3)92(94(91)93)86-79-83(15-7)88(84(16-8)80-86)75-71-69-66-64-62-60-58-56-54-52-50-48-46-44-42-40-38-36-34-32-30-28-25-22-18-10-2;2*1-3-5-7-9-11-13-15-17-19-18-16-14-12-10-8-6-4-2;/h77-80H,9-76H2,1-8H3;2*1,3-19H2,2H3;/q;2*-1;+2. The largest absolute Gasteiger partial charge is 2.00 e. The Kier molecular flexibility index (Phi) is 104. The minimum Gasteiger partial charge on any atom is -0.493 e. The smallest absolute Gasteiger partial charge is 0.493 e. The Morgan fingerprint density at radius 2 is 0.301 bits per heavy atom. The van der Waals surface area contributed by atoms with Crippen LogP contribution in [0.15, 0.2) is 35.4 Å². The predicted octanol–water partition coefficient (Wildman–Crippen LogP) is 47.4. The Hall–Kier alpha value is -1.99. The van der Waals surface area contributed by atoms with E-state index in [9.17, 15) is 5.53 Å². The van der Waals surface area contributed by atoms with Gasteiger partial charge in [0.1, 0.15) is 0 Å². The maximum absolute atomic E-state index is 13.0. The van der Waals surface area contributed by atoms with Crippen LogP contribution in [0.4, 0.5) is 0 Å². The van der Waals surface area contributed by atoms with Gasteiger partial charge < -0.3 is 19.4 Å². The van der Waals surface area contributed by atoms with E-state index >= 15 is 0 Å². The number of rotatable bonds is 102. The van der Waals surface area contributed by atoms with Crippen LogP contribution in [0.1, 0.15) is 730 Å². The second-order valence-corrected chi connectivity index (χ2v) is 43.0. The van der Waals surface area contributed by atoms with E-state index < -0.39 is 0 Å². The summed E-state index contributed by atoms with van der Waals surface area (Å²) in [5.74, 6) is 0. The predicted molar refractivity (Wildman–Crippen MR) is 603 cm³/mol. The minimum atomic E-state index is 0. The molecule has 2 aromatic carbocycles. The van der Waals surface area contributed by atoms with Crippen molar-refractivity contribution in [3.8, 4) is 0 Å². The first-order valence-corrected chi connectivity index (χ1v) is 62.1. The van der Waals surface area contributed by atoms with E-state index in [2.05, 4.69) is 107 Å². The molecule has 1 heterocycles. The maximum atomic E-state index is 13.0. The van der Waals surface area contributed by atoms with Crippen LogP contribution in [0.5, 0.6) is 0 Å². The number of hydrogen-bond acceptors (Lipinski definition) is 0. The molecular weight excluding hydrogens is 1650 g/mol. The first kappa shape index (κ1) is 131. The van der Waals surface area contributed by atoms with Crippen LogP contribution in [0.2, 0.25) is 0 Å². The Labute approximate surface area is 850 Å². The molecule has 0 unspecified atom stereocenters. The van der Waals surface area contributed by atoms with Gasteiger partial charge in [-0.15, -0.1) is 0 Å². The van der Waals surface area contributed by atoms with E-state index in [-0.39, 0.29) is 16.5 Å². The van der Waals surface area contributed by atoms with Gasteiger partial charge in [0.2, 0.25) is 11.4 Å². The van der Waals surface area contributed by atoms with Crippen LogP contribution in [-0.4, -0.2) is 4.70 Å². The number of nitrogens with zero attached hydrogens (tertiary/aromatic N) is 2. The molecule has 2 aromatic rings. The fourth-order valence-electron chi connectivity index (χ4n) is 21.7. The zero-order valence-electron chi connectivity index (χ0n) is 93.1. The van der Waals surface area contributed by atoms with Crippen LogP contribution in [0.25, 0.3) is 16.9 Å². The van der Waals surface area contributed by atoms with E-state index in [0.29, 0.717) is 0 Å². The van der Waals surface area contributed by atoms with Crippen LogP contribution in [0.3, 0.4) is 0 Å². The monoisotopic (exact) mass is 1890 g/mol. The zero-order chi connectivity index (χ0) is 95.5. The van der Waals surface area contributed by atoms with Crippen LogP contribution < -0.4 is 0 Å². The van der Waals surface area contributed by atoms with Crippen molar-refractivity contribution in [1.82, 2.24) is 0 Å². The molecule has 0 bridgehead atoms. The number of allylic oxidation sites excluding steroid dienone is 2. The summed E-state index contributed by atoms with van der Waals surface area (Å²) in [4.78, 5) is 0. The van der Waals surface area contributed by atoms with Gasteiger partial charge in [0.25, 0.3) is 0 Å². The van der Waals surface area contributed by atoms with Crippen molar-refractivity contribution in [2.45, 2.75) is 724 Å². The van der Waals surface area contributed by atoms with Crippen molar-refractivity contribution in [3.05, 3.63) is 99.3 Å². The average molecular weight is 1890 g/mol. The summed E-state index contributed by atoms with van der Waals surface area (Å²) in [6, 6.07) is 10.1. The summed E-state index contributed by atoms with van der Waals surface area (Å²) in [7, 11) is 0. The van der Waals surface area contributed by atoms with Gasteiger partial charge in [0, 0.05) is 22.3 Å². The average Bonchev–Trinajstić information content (AvgIpc) is 1.60. The van der Waals surface area contributed by atoms with Crippen molar-refractivity contribution in [2.24, 2.45) is 0 Å². The molecule has 0 atom stereocenters. The van der Waals surface area contributed by atoms with Crippen LogP contribution in [-0.2, 0) is 55.0 Å². The van der Waals surface area contributed by atoms with Crippen molar-refractivity contribution in [3.63, 3.8) is 0 Å². The normalized spacial score (nSPS) is 12.2. The maximum Gasteiger partial charge on any atom is 2.00 e. The number of unbranched alkanes of at least 4 members (excludes halogenated alkanes) is 88. The van der Waals surface area contributed by atoms with E-state index in [1.165, 1.54) is 635 Å². The van der Waals surface area contributed by atoms with Crippen molar-refractivity contribution in [1.29, 1.82) is 0 Å². The first-order valence-electron chi connectivity index (χ1n) is 62.1. The quantitative estimate of drug-likeness (QED) is 0.0273. The fraction of sp³-hybridized carbons (Fsp3) is 0.862. The Balaban J connectivity index is 0.00000367. The molecule has 1 aliphatic heterocycles. The Bertz CT molecular complexity index is 2640. The second-order valence-electron chi connectivity index (χ2n) is 43.0. The Morgan fingerprint density at radius 3 is 0.444 bits per heavy atom. The van der Waals surface area contributed by atoms with E-state index in [0.717, 1.165) is 75.6 Å². The molecule has 3 rings (SSSR count). The van der Waals surface area contributed by atoms with Gasteiger partial charge in [-0.1, -0.05) is 634 Å². The molecule has 0 saturated heterocycles. The van der Waals surface area contributed by atoms with Gasteiger partial charge in [-0.2, -0.15) is 12.8 Å². The van der Waals surface area contributed by atoms with Crippen LogP contribution >= 0.6 is 0 Å². The molecule has 0 fully saturated rings. The third-order valence-corrected chi connectivity index (χ3v) is 30.6. The van der Waals surface area contributed by atoms with Crippen molar-refractivity contribution < 1.29 is 21.2 Å². The summed E-state index contributed by atoms with van der Waals surface area (Å²) < 4.78 is 1.73. The summed E-state index contributed by atoms with van der Waals surface area (Å²) >= 11 is 0. The molecule has 1 aliphatic rings. The van der Waals surface area contributed by atoms with E-state index in [1.807, 2.05) is 0 Å². The molecule has 0 saturated carbocycles. The summed E-state index contributed by atoms with van der Waals surface area (Å²) in [6.45, 7) is 31.2. The van der Waals surface area contributed by atoms with Crippen molar-refractivity contribution >= 4 is 11.4 Å². The molecule has 0 aliphatic carbocycles. The molecule has 3 heteroatoms. The minimum absolute atomic E-state index is 0. The molecule has 0 spiro atoms. The van der Waals surface area contributed by atoms with Gasteiger partial charge in [-0.05, 0) is 135 Å². The first-order chi connectivity index (χ1) is 65.3. The van der Waals surface area contributed by atoms with Crippen molar-refractivity contribution in [2.75, 3.05) is 0 Å². The third kappa shape index (κ3) is 77.3. The summed E-state index contributed by atoms with van der Waals surface area (Å²) in [6.07, 6.45) is 142. The summed E-state index contributed by atoms with van der Waals surface area (Å²) in [5.41, 5.74) is 29.8. The second kappa shape index (κ2) is 106. The molecular formula is C130H242N2Ni. The summed E-state index contributed by atoms with van der Waals surface area (Å²) in [5, 5.41) is 0. The Morgan fingerprint density at radius 1 is 0.173 bits per heavy atom. The molecule has 0 N–H and O–H groups in total. The van der Waals surface area contributed by atoms with Gasteiger partial charge in [0.15, 0.2) is 0 Å². The van der Waals surface area contributed by atoms with Gasteiger partial charge in [-0.25, -0.2) is 4.70 Å². The topological polar surface area (TPSA) is 25.3 Å². The molecule has 782 valence electrons. The fourth-order valence-corrected chi connectivity index (χ4v) is 21.7. The molecule has 0 aromatic heterocycles. The van der Waals surface area contributed by atoms with Gasteiger partial charge >= 0.3 is 16.5 Å². The molecule has 133 heavy (non-hydrogen) atoms. The number of benzene rings is 2. The number of aryl methyl sites for hydroxylation is 4. The van der Waals surface area contributed by atoms with E-state index in [4.69, 9.17) is 0 Å². The molecule has 2 nitrogen and oxygen atoms in total. The van der Waals surface area contributed by atoms with Crippen LogP contribution in [0, 0.1) is 13.8 Å². The van der Waals surface area contributed by atoms with Gasteiger partial charge in [0.05, 0.1) is 0 Å². The number of hydrogen-bond donors (Lipinski definition) is 0. The van der Waals surface area contributed by atoms with E-state index in [1.54, 1.807) is 15.8 Å². The molecule has 0 amide bonds.